The minimum Gasteiger partial charge on any atom is -0.395 e. The van der Waals surface area contributed by atoms with Crippen LogP contribution in [-0.2, 0) is 6.61 Å². The van der Waals surface area contributed by atoms with E-state index in [-0.39, 0.29) is 13.2 Å². The van der Waals surface area contributed by atoms with Gasteiger partial charge in [-0.1, -0.05) is 32.9 Å². The van der Waals surface area contributed by atoms with E-state index >= 15 is 0 Å². The van der Waals surface area contributed by atoms with Crippen molar-refractivity contribution in [2.75, 3.05) is 38.1 Å². The molecule has 0 amide bonds. The summed E-state index contributed by atoms with van der Waals surface area (Å²) in [6.07, 6.45) is 2.43. The second-order valence-electron chi connectivity index (χ2n) is 7.31. The van der Waals surface area contributed by atoms with E-state index in [2.05, 4.69) is 43.1 Å². The summed E-state index contributed by atoms with van der Waals surface area (Å²) in [6.45, 7) is 11.0. The van der Waals surface area contributed by atoms with E-state index in [0.29, 0.717) is 17.8 Å². The molecule has 1 heterocycles. The number of fused-ring (bicyclic) bond motifs is 1. The van der Waals surface area contributed by atoms with Gasteiger partial charge >= 0.3 is 0 Å². The molecule has 1 aliphatic heterocycles. The van der Waals surface area contributed by atoms with Gasteiger partial charge in [0.2, 0.25) is 0 Å². The van der Waals surface area contributed by atoms with E-state index in [0.717, 1.165) is 31.7 Å². The largest absolute Gasteiger partial charge is 0.395 e. The molecule has 1 aliphatic rings. The predicted molar refractivity (Wildman–Crippen MR) is 100 cm³/mol. The van der Waals surface area contributed by atoms with Crippen molar-refractivity contribution in [1.82, 2.24) is 4.90 Å². The van der Waals surface area contributed by atoms with Crippen LogP contribution in [0.4, 0.5) is 5.69 Å². The van der Waals surface area contributed by atoms with Crippen LogP contribution in [0.15, 0.2) is 18.2 Å². The molecule has 0 saturated heterocycles. The zero-order valence-electron chi connectivity index (χ0n) is 15.5. The first kappa shape index (κ1) is 19.2. The Morgan fingerprint density at radius 3 is 2.79 bits per heavy atom. The summed E-state index contributed by atoms with van der Waals surface area (Å²) < 4.78 is 0. The standard InChI is InChI=1S/C20H34N2O2/c1-4-22(9-10-23)13-15(2)5-7-18-12-21-20-8-6-17(14-24)11-19(20)16(18)3/h6,8,11,15-16,18,21,23-24H,4-5,7,9-10,12-14H2,1-3H3. The maximum atomic E-state index is 9.38. The number of benzene rings is 1. The number of hydrogen-bond donors (Lipinski definition) is 3. The topological polar surface area (TPSA) is 55.7 Å². The van der Waals surface area contributed by atoms with Gasteiger partial charge < -0.3 is 20.4 Å². The average Bonchev–Trinajstić information content (AvgIpc) is 2.60. The fourth-order valence-corrected chi connectivity index (χ4v) is 3.82. The number of aliphatic hydroxyl groups excluding tert-OH is 2. The molecule has 4 heteroatoms. The third-order valence-corrected chi connectivity index (χ3v) is 5.51. The molecule has 3 unspecified atom stereocenters. The minimum absolute atomic E-state index is 0.111. The third kappa shape index (κ3) is 4.95. The molecule has 3 N–H and O–H groups in total. The van der Waals surface area contributed by atoms with Gasteiger partial charge in [0.05, 0.1) is 13.2 Å². The maximum absolute atomic E-state index is 9.38. The molecule has 0 saturated carbocycles. The van der Waals surface area contributed by atoms with Crippen LogP contribution in [-0.4, -0.2) is 47.9 Å². The number of aliphatic hydroxyl groups is 2. The van der Waals surface area contributed by atoms with Crippen LogP contribution in [0.2, 0.25) is 0 Å². The summed E-state index contributed by atoms with van der Waals surface area (Å²) in [5, 5.41) is 22.1. The van der Waals surface area contributed by atoms with Gasteiger partial charge in [0.1, 0.15) is 0 Å². The first-order valence-corrected chi connectivity index (χ1v) is 9.39. The Bertz CT molecular complexity index is 506. The Morgan fingerprint density at radius 1 is 1.33 bits per heavy atom. The Labute approximate surface area is 146 Å². The number of anilines is 1. The molecule has 4 nitrogen and oxygen atoms in total. The lowest BCUT2D eigenvalue weighted by molar-refractivity contribution is 0.179. The first-order chi connectivity index (χ1) is 11.6. The van der Waals surface area contributed by atoms with Gasteiger partial charge in [0, 0.05) is 25.3 Å². The highest BCUT2D eigenvalue weighted by atomic mass is 16.3. The molecule has 0 aliphatic carbocycles. The Kier molecular flexibility index (Phi) is 7.53. The molecule has 1 aromatic rings. The van der Waals surface area contributed by atoms with Crippen LogP contribution in [0.1, 0.15) is 50.7 Å². The van der Waals surface area contributed by atoms with E-state index in [1.165, 1.54) is 24.1 Å². The van der Waals surface area contributed by atoms with Crippen LogP contribution in [0.3, 0.4) is 0 Å². The molecule has 0 radical (unpaired) electrons. The highest BCUT2D eigenvalue weighted by Gasteiger charge is 2.26. The number of nitrogens with zero attached hydrogens (tertiary/aromatic N) is 1. The molecule has 0 fully saturated rings. The van der Waals surface area contributed by atoms with Crippen LogP contribution < -0.4 is 5.32 Å². The molecule has 2 rings (SSSR count). The summed E-state index contributed by atoms with van der Waals surface area (Å²) in [5.41, 5.74) is 3.57. The predicted octanol–water partition coefficient (Wildman–Crippen LogP) is 3.05. The van der Waals surface area contributed by atoms with Crippen molar-refractivity contribution in [3.63, 3.8) is 0 Å². The Hall–Kier alpha value is -1.10. The fourth-order valence-electron chi connectivity index (χ4n) is 3.82. The molecule has 0 aromatic heterocycles. The quantitative estimate of drug-likeness (QED) is 0.650. The second kappa shape index (κ2) is 9.40. The average molecular weight is 335 g/mol. The van der Waals surface area contributed by atoms with Crippen molar-refractivity contribution in [1.29, 1.82) is 0 Å². The van der Waals surface area contributed by atoms with Crippen molar-refractivity contribution in [2.45, 2.75) is 46.1 Å². The third-order valence-electron chi connectivity index (χ3n) is 5.51. The van der Waals surface area contributed by atoms with Gasteiger partial charge in [0.25, 0.3) is 0 Å². The first-order valence-electron chi connectivity index (χ1n) is 9.39. The van der Waals surface area contributed by atoms with Gasteiger partial charge in [-0.25, -0.2) is 0 Å². The van der Waals surface area contributed by atoms with Crippen LogP contribution in [0.25, 0.3) is 0 Å². The Balaban J connectivity index is 1.89. The Morgan fingerprint density at radius 2 is 2.12 bits per heavy atom. The summed E-state index contributed by atoms with van der Waals surface area (Å²) >= 11 is 0. The van der Waals surface area contributed by atoms with Gasteiger partial charge in [-0.2, -0.15) is 0 Å². The van der Waals surface area contributed by atoms with Gasteiger partial charge in [-0.05, 0) is 54.3 Å². The molecule has 0 bridgehead atoms. The van der Waals surface area contributed by atoms with Crippen LogP contribution in [0.5, 0.6) is 0 Å². The number of likely N-dealkylation sites (N-methyl/N-ethyl adjacent to an activating group) is 1. The molecule has 24 heavy (non-hydrogen) atoms. The van der Waals surface area contributed by atoms with Crippen molar-refractivity contribution >= 4 is 5.69 Å². The molecular formula is C20H34N2O2. The van der Waals surface area contributed by atoms with E-state index < -0.39 is 0 Å². The molecular weight excluding hydrogens is 300 g/mol. The van der Waals surface area contributed by atoms with Gasteiger partial charge in [-0.3, -0.25) is 0 Å². The van der Waals surface area contributed by atoms with Gasteiger partial charge in [-0.15, -0.1) is 0 Å². The molecule has 0 spiro atoms. The normalized spacial score (nSPS) is 21.4. The lowest BCUT2D eigenvalue weighted by Gasteiger charge is -2.33. The van der Waals surface area contributed by atoms with Crippen molar-refractivity contribution in [3.8, 4) is 0 Å². The van der Waals surface area contributed by atoms with E-state index in [9.17, 15) is 5.11 Å². The SMILES string of the molecule is CCN(CCO)CC(C)CCC1CNc2ccc(CO)cc2C1C. The number of nitrogens with one attached hydrogen (secondary N) is 1. The number of hydrogen-bond acceptors (Lipinski definition) is 4. The summed E-state index contributed by atoms with van der Waals surface area (Å²) in [6, 6.07) is 6.26. The lowest BCUT2D eigenvalue weighted by Crippen LogP contribution is -2.32. The molecule has 136 valence electrons. The molecule has 1 aromatic carbocycles. The van der Waals surface area contributed by atoms with Crippen molar-refractivity contribution < 1.29 is 10.2 Å². The maximum Gasteiger partial charge on any atom is 0.0681 e. The zero-order valence-corrected chi connectivity index (χ0v) is 15.5. The summed E-state index contributed by atoms with van der Waals surface area (Å²) in [4.78, 5) is 2.33. The second-order valence-corrected chi connectivity index (χ2v) is 7.31. The van der Waals surface area contributed by atoms with Gasteiger partial charge in [0.15, 0.2) is 0 Å². The summed E-state index contributed by atoms with van der Waals surface area (Å²) in [5.74, 6) is 1.82. The van der Waals surface area contributed by atoms with E-state index in [4.69, 9.17) is 5.11 Å². The van der Waals surface area contributed by atoms with Crippen LogP contribution in [0, 0.1) is 11.8 Å². The van der Waals surface area contributed by atoms with Crippen molar-refractivity contribution in [2.24, 2.45) is 11.8 Å². The highest BCUT2D eigenvalue weighted by Crippen LogP contribution is 2.38. The lowest BCUT2D eigenvalue weighted by atomic mass is 9.79. The van der Waals surface area contributed by atoms with E-state index in [1.54, 1.807) is 0 Å². The zero-order chi connectivity index (χ0) is 17.5. The smallest absolute Gasteiger partial charge is 0.0681 e. The summed E-state index contributed by atoms with van der Waals surface area (Å²) in [7, 11) is 0. The number of rotatable bonds is 9. The molecule has 3 atom stereocenters. The highest BCUT2D eigenvalue weighted by molar-refractivity contribution is 5.56. The monoisotopic (exact) mass is 334 g/mol. The minimum atomic E-state index is 0.111. The van der Waals surface area contributed by atoms with Crippen molar-refractivity contribution in [3.05, 3.63) is 29.3 Å². The van der Waals surface area contributed by atoms with E-state index in [1.807, 2.05) is 6.07 Å². The fraction of sp³-hybridized carbons (Fsp3) is 0.700. The van der Waals surface area contributed by atoms with Crippen LogP contribution >= 0.6 is 0 Å².